The van der Waals surface area contributed by atoms with Crippen LogP contribution in [0.15, 0.2) is 12.1 Å². The molecule has 16 heavy (non-hydrogen) atoms. The van der Waals surface area contributed by atoms with Gasteiger partial charge in [-0.05, 0) is 6.07 Å². The van der Waals surface area contributed by atoms with Gasteiger partial charge >= 0.3 is 5.97 Å². The fourth-order valence-electron chi connectivity index (χ4n) is 1.32. The third kappa shape index (κ3) is 1.82. The maximum absolute atomic E-state index is 10.8. The number of aromatic carboxylic acids is 1. The number of nitrogens with two attached hydrogens (primary N) is 1. The molecule has 82 valence electrons. The highest BCUT2D eigenvalue weighted by molar-refractivity contribution is 5.91. The fourth-order valence-corrected chi connectivity index (χ4v) is 1.32. The van der Waals surface area contributed by atoms with Crippen molar-refractivity contribution in [2.45, 2.75) is 6.54 Å². The van der Waals surface area contributed by atoms with E-state index >= 15 is 0 Å². The van der Waals surface area contributed by atoms with E-state index in [1.165, 1.54) is 0 Å². The Labute approximate surface area is 89.9 Å². The van der Waals surface area contributed by atoms with E-state index in [0.717, 1.165) is 12.1 Å². The molecule has 0 radical (unpaired) electrons. The fraction of sp³-hybridized carbons (Fsp3) is 0.111. The lowest BCUT2D eigenvalue weighted by molar-refractivity contribution is -0.385. The number of hydrogen-bond acceptors (Lipinski definition) is 5. The molecule has 0 aliphatic carbocycles. The van der Waals surface area contributed by atoms with E-state index in [1.54, 1.807) is 6.07 Å². The van der Waals surface area contributed by atoms with Gasteiger partial charge in [0.2, 0.25) is 0 Å². The van der Waals surface area contributed by atoms with E-state index in [-0.39, 0.29) is 23.2 Å². The maximum atomic E-state index is 10.8. The first kappa shape index (κ1) is 11.6. The molecule has 3 N–H and O–H groups in total. The van der Waals surface area contributed by atoms with Crippen molar-refractivity contribution < 1.29 is 14.8 Å². The first-order valence-electron chi connectivity index (χ1n) is 4.16. The predicted molar refractivity (Wildman–Crippen MR) is 52.7 cm³/mol. The number of carboxylic acids is 1. The van der Waals surface area contributed by atoms with Crippen LogP contribution < -0.4 is 5.73 Å². The number of rotatable bonds is 3. The summed E-state index contributed by atoms with van der Waals surface area (Å²) < 4.78 is 0. The number of carbonyl (C=O) groups is 1. The Morgan fingerprint density at radius 1 is 1.62 bits per heavy atom. The van der Waals surface area contributed by atoms with E-state index in [1.807, 2.05) is 0 Å². The topological polar surface area (TPSA) is 130 Å². The molecule has 0 saturated heterocycles. The van der Waals surface area contributed by atoms with E-state index in [0.29, 0.717) is 0 Å². The number of nitro benzene ring substituents is 1. The second kappa shape index (κ2) is 4.37. The third-order valence-corrected chi connectivity index (χ3v) is 2.03. The van der Waals surface area contributed by atoms with Crippen molar-refractivity contribution in [3.8, 4) is 6.07 Å². The summed E-state index contributed by atoms with van der Waals surface area (Å²) in [5, 5.41) is 28.2. The van der Waals surface area contributed by atoms with Crippen molar-refractivity contribution in [1.29, 1.82) is 5.26 Å². The van der Waals surface area contributed by atoms with Gasteiger partial charge in [-0.1, -0.05) is 0 Å². The molecule has 0 unspecified atom stereocenters. The minimum atomic E-state index is -1.27. The Hall–Kier alpha value is -2.46. The van der Waals surface area contributed by atoms with Crippen molar-refractivity contribution in [2.24, 2.45) is 5.73 Å². The zero-order valence-electron chi connectivity index (χ0n) is 8.01. The zero-order chi connectivity index (χ0) is 12.3. The molecule has 1 aromatic rings. The lowest BCUT2D eigenvalue weighted by Gasteiger charge is -2.05. The summed E-state index contributed by atoms with van der Waals surface area (Å²) in [6.45, 7) is -0.244. The van der Waals surface area contributed by atoms with Crippen molar-refractivity contribution in [1.82, 2.24) is 0 Å². The number of nitrogens with zero attached hydrogens (tertiary/aromatic N) is 2. The van der Waals surface area contributed by atoms with Crippen LogP contribution in [-0.4, -0.2) is 16.0 Å². The molecule has 0 spiro atoms. The molecule has 0 atom stereocenters. The zero-order valence-corrected chi connectivity index (χ0v) is 8.01. The standard InChI is InChI=1S/C9H7N3O4/c10-3-6-5(9(13)14)1-2-8(12(15)16)7(6)4-11/h1-2H,3,10H2,(H,13,14). The molecule has 0 saturated carbocycles. The minimum Gasteiger partial charge on any atom is -0.478 e. The number of hydrogen-bond donors (Lipinski definition) is 2. The molecular weight excluding hydrogens is 214 g/mol. The van der Waals surface area contributed by atoms with Crippen LogP contribution in [0.25, 0.3) is 0 Å². The second-order valence-corrected chi connectivity index (χ2v) is 2.86. The smallest absolute Gasteiger partial charge is 0.336 e. The molecule has 1 rings (SSSR count). The summed E-state index contributed by atoms with van der Waals surface area (Å²) in [6.07, 6.45) is 0. The van der Waals surface area contributed by atoms with Crippen LogP contribution in [-0.2, 0) is 6.54 Å². The van der Waals surface area contributed by atoms with Gasteiger partial charge in [0.05, 0.1) is 10.5 Å². The van der Waals surface area contributed by atoms with E-state index in [2.05, 4.69) is 0 Å². The summed E-state index contributed by atoms with van der Waals surface area (Å²) in [7, 11) is 0. The molecule has 0 heterocycles. The molecule has 1 aromatic carbocycles. The van der Waals surface area contributed by atoms with Gasteiger partial charge in [-0.15, -0.1) is 0 Å². The van der Waals surface area contributed by atoms with Crippen molar-refractivity contribution in [2.75, 3.05) is 0 Å². The van der Waals surface area contributed by atoms with Gasteiger partial charge in [-0.3, -0.25) is 10.1 Å². The maximum Gasteiger partial charge on any atom is 0.336 e. The number of carboxylic acid groups (broad SMARTS) is 1. The lowest BCUT2D eigenvalue weighted by atomic mass is 10.00. The average molecular weight is 221 g/mol. The molecule has 0 aromatic heterocycles. The molecular formula is C9H7N3O4. The first-order valence-corrected chi connectivity index (χ1v) is 4.16. The van der Waals surface area contributed by atoms with Crippen LogP contribution in [0, 0.1) is 21.4 Å². The molecule has 0 fully saturated rings. The quantitative estimate of drug-likeness (QED) is 0.568. The first-order chi connectivity index (χ1) is 7.52. The minimum absolute atomic E-state index is 0.0239. The lowest BCUT2D eigenvalue weighted by Crippen LogP contribution is -2.10. The van der Waals surface area contributed by atoms with E-state index < -0.39 is 16.6 Å². The van der Waals surface area contributed by atoms with Gasteiger partial charge < -0.3 is 10.8 Å². The highest BCUT2D eigenvalue weighted by atomic mass is 16.6. The summed E-state index contributed by atoms with van der Waals surface area (Å²) >= 11 is 0. The van der Waals surface area contributed by atoms with Crippen molar-refractivity contribution in [3.05, 3.63) is 38.9 Å². The Morgan fingerprint density at radius 2 is 2.25 bits per heavy atom. The van der Waals surface area contributed by atoms with Gasteiger partial charge in [0.25, 0.3) is 5.69 Å². The SMILES string of the molecule is N#Cc1c([N+](=O)[O-])ccc(C(=O)O)c1CN. The van der Waals surface area contributed by atoms with Gasteiger partial charge in [0, 0.05) is 18.2 Å². The van der Waals surface area contributed by atoms with Crippen LogP contribution in [0.3, 0.4) is 0 Å². The summed E-state index contributed by atoms with van der Waals surface area (Å²) in [6, 6.07) is 3.67. The Morgan fingerprint density at radius 3 is 2.62 bits per heavy atom. The number of benzene rings is 1. The van der Waals surface area contributed by atoms with Crippen molar-refractivity contribution in [3.63, 3.8) is 0 Å². The molecule has 0 amide bonds. The molecule has 7 nitrogen and oxygen atoms in total. The molecule has 0 bridgehead atoms. The highest BCUT2D eigenvalue weighted by Crippen LogP contribution is 2.24. The second-order valence-electron chi connectivity index (χ2n) is 2.86. The van der Waals surface area contributed by atoms with E-state index in [9.17, 15) is 14.9 Å². The van der Waals surface area contributed by atoms with Gasteiger partial charge in [0.1, 0.15) is 11.6 Å². The normalized spacial score (nSPS) is 9.50. The summed E-state index contributed by atoms with van der Waals surface area (Å²) in [4.78, 5) is 20.6. The Bertz CT molecular complexity index is 504. The predicted octanol–water partition coefficient (Wildman–Crippen LogP) is 0.623. The monoisotopic (exact) mass is 221 g/mol. The Kier molecular flexibility index (Phi) is 3.17. The van der Waals surface area contributed by atoms with Gasteiger partial charge in [0.15, 0.2) is 0 Å². The summed E-state index contributed by atoms with van der Waals surface area (Å²) in [5.74, 6) is -1.27. The van der Waals surface area contributed by atoms with E-state index in [4.69, 9.17) is 16.1 Å². The number of nitro groups is 1. The van der Waals surface area contributed by atoms with Crippen LogP contribution in [0.1, 0.15) is 21.5 Å². The van der Waals surface area contributed by atoms with Crippen LogP contribution in [0.2, 0.25) is 0 Å². The molecule has 7 heteroatoms. The molecule has 0 aliphatic heterocycles. The summed E-state index contributed by atoms with van der Waals surface area (Å²) in [5.41, 5.74) is 4.35. The molecule has 0 aliphatic rings. The van der Waals surface area contributed by atoms with Crippen molar-refractivity contribution >= 4 is 11.7 Å². The van der Waals surface area contributed by atoms with Crippen LogP contribution in [0.5, 0.6) is 0 Å². The third-order valence-electron chi connectivity index (χ3n) is 2.03. The average Bonchev–Trinajstić information content (AvgIpc) is 2.26. The van der Waals surface area contributed by atoms with Crippen LogP contribution in [0.4, 0.5) is 5.69 Å². The largest absolute Gasteiger partial charge is 0.478 e. The Balaban J connectivity index is 3.60. The number of nitriles is 1. The highest BCUT2D eigenvalue weighted by Gasteiger charge is 2.22. The van der Waals surface area contributed by atoms with Crippen LogP contribution >= 0.6 is 0 Å². The van der Waals surface area contributed by atoms with Gasteiger partial charge in [-0.2, -0.15) is 5.26 Å². The van der Waals surface area contributed by atoms with Gasteiger partial charge in [-0.25, -0.2) is 4.79 Å².